The van der Waals surface area contributed by atoms with E-state index in [0.717, 1.165) is 14.5 Å². The number of halogens is 2. The molecule has 0 aromatic heterocycles. The third-order valence-electron chi connectivity index (χ3n) is 2.90. The molecule has 0 aliphatic carbocycles. The molecule has 104 valence electrons. The molecule has 4 nitrogen and oxygen atoms in total. The molecule has 0 aliphatic rings. The van der Waals surface area contributed by atoms with Crippen molar-refractivity contribution in [3.05, 3.63) is 67.1 Å². The zero-order chi connectivity index (χ0) is 14.7. The van der Waals surface area contributed by atoms with Crippen molar-refractivity contribution in [3.8, 4) is 0 Å². The Kier molecular flexibility index (Phi) is 4.77. The molecule has 2 aromatic rings. The maximum Gasteiger partial charge on any atom is 0.292 e. The van der Waals surface area contributed by atoms with Gasteiger partial charge in [0.05, 0.1) is 4.92 Å². The van der Waals surface area contributed by atoms with Gasteiger partial charge >= 0.3 is 0 Å². The molecule has 6 heteroatoms. The van der Waals surface area contributed by atoms with Crippen LogP contribution in [0.5, 0.6) is 0 Å². The van der Waals surface area contributed by atoms with Gasteiger partial charge in [-0.2, -0.15) is 0 Å². The average molecular weight is 400 g/mol. The number of anilines is 1. The number of benzene rings is 2. The van der Waals surface area contributed by atoms with Gasteiger partial charge in [-0.25, -0.2) is 0 Å². The fourth-order valence-electron chi connectivity index (χ4n) is 1.85. The second-order valence-electron chi connectivity index (χ2n) is 4.34. The summed E-state index contributed by atoms with van der Waals surface area (Å²) in [5.41, 5.74) is 1.62. The summed E-state index contributed by atoms with van der Waals surface area (Å²) in [7, 11) is 0. The monoisotopic (exact) mass is 398 g/mol. The number of rotatable bonds is 4. The predicted molar refractivity (Wildman–Crippen MR) is 87.0 cm³/mol. The fourth-order valence-corrected chi connectivity index (χ4v) is 2.48. The first kappa shape index (κ1) is 15.0. The van der Waals surface area contributed by atoms with Crippen molar-refractivity contribution in [3.63, 3.8) is 0 Å². The fraction of sp³-hybridized carbons (Fsp3) is 0.143. The van der Waals surface area contributed by atoms with Gasteiger partial charge in [-0.15, -0.1) is 0 Å². The Morgan fingerprint density at radius 1 is 1.10 bits per heavy atom. The van der Waals surface area contributed by atoms with Gasteiger partial charge in [0, 0.05) is 21.1 Å². The van der Waals surface area contributed by atoms with Gasteiger partial charge in [0.1, 0.15) is 5.69 Å². The molecular formula is C14H12Br2N2O2. The van der Waals surface area contributed by atoms with Crippen molar-refractivity contribution in [2.75, 3.05) is 5.32 Å². The Labute approximate surface area is 133 Å². The van der Waals surface area contributed by atoms with Crippen molar-refractivity contribution in [1.82, 2.24) is 0 Å². The van der Waals surface area contributed by atoms with Crippen LogP contribution < -0.4 is 5.32 Å². The van der Waals surface area contributed by atoms with Crippen molar-refractivity contribution in [2.24, 2.45) is 0 Å². The summed E-state index contributed by atoms with van der Waals surface area (Å²) < 4.78 is 1.80. The third kappa shape index (κ3) is 3.58. The molecule has 20 heavy (non-hydrogen) atoms. The molecule has 0 bridgehead atoms. The van der Waals surface area contributed by atoms with Crippen LogP contribution in [0.3, 0.4) is 0 Å². The first-order chi connectivity index (χ1) is 9.47. The van der Waals surface area contributed by atoms with Crippen molar-refractivity contribution >= 4 is 43.2 Å². The van der Waals surface area contributed by atoms with Crippen LogP contribution in [0.15, 0.2) is 51.4 Å². The minimum Gasteiger partial charge on any atom is -0.373 e. The number of hydrogen-bond acceptors (Lipinski definition) is 3. The highest BCUT2D eigenvalue weighted by Gasteiger charge is 2.16. The lowest BCUT2D eigenvalue weighted by Gasteiger charge is -2.16. The van der Waals surface area contributed by atoms with E-state index in [1.165, 1.54) is 6.07 Å². The molecule has 1 N–H and O–H groups in total. The molecule has 0 saturated carbocycles. The van der Waals surface area contributed by atoms with Gasteiger partial charge in [0.25, 0.3) is 5.69 Å². The lowest BCUT2D eigenvalue weighted by Crippen LogP contribution is -2.08. The first-order valence-electron chi connectivity index (χ1n) is 5.93. The van der Waals surface area contributed by atoms with Gasteiger partial charge in [0.2, 0.25) is 0 Å². The van der Waals surface area contributed by atoms with Gasteiger partial charge < -0.3 is 5.32 Å². The lowest BCUT2D eigenvalue weighted by atomic mass is 10.1. The summed E-state index contributed by atoms with van der Waals surface area (Å²) in [6.45, 7) is 1.97. The van der Waals surface area contributed by atoms with Crippen molar-refractivity contribution in [1.29, 1.82) is 0 Å². The molecule has 0 spiro atoms. The van der Waals surface area contributed by atoms with E-state index in [0.29, 0.717) is 5.69 Å². The van der Waals surface area contributed by atoms with E-state index in [4.69, 9.17) is 0 Å². The minimum absolute atomic E-state index is 0.0314. The van der Waals surface area contributed by atoms with Gasteiger partial charge in [0.15, 0.2) is 0 Å². The number of nitrogens with zero attached hydrogens (tertiary/aromatic N) is 1. The Bertz CT molecular complexity index is 630. The largest absolute Gasteiger partial charge is 0.373 e. The molecule has 1 unspecified atom stereocenters. The maximum absolute atomic E-state index is 11.0. The van der Waals surface area contributed by atoms with Gasteiger partial charge in [-0.1, -0.05) is 44.0 Å². The molecular weight excluding hydrogens is 388 g/mol. The van der Waals surface area contributed by atoms with E-state index in [2.05, 4.69) is 37.2 Å². The van der Waals surface area contributed by atoms with Gasteiger partial charge in [-0.3, -0.25) is 10.1 Å². The van der Waals surface area contributed by atoms with Crippen molar-refractivity contribution < 1.29 is 4.92 Å². The molecule has 1 atom stereocenters. The highest BCUT2D eigenvalue weighted by Crippen LogP contribution is 2.31. The molecule has 0 saturated heterocycles. The highest BCUT2D eigenvalue weighted by atomic mass is 79.9. The Balaban J connectivity index is 2.27. The molecule has 0 aliphatic heterocycles. The molecule has 2 rings (SSSR count). The zero-order valence-corrected chi connectivity index (χ0v) is 13.8. The minimum atomic E-state index is -0.386. The lowest BCUT2D eigenvalue weighted by molar-refractivity contribution is -0.384. The second kappa shape index (κ2) is 6.37. The Morgan fingerprint density at radius 3 is 2.30 bits per heavy atom. The SMILES string of the molecule is CC(Nc1cc(Br)ccc1[N+](=O)[O-])c1ccc(Br)cc1. The van der Waals surface area contributed by atoms with Crippen LogP contribution in [0.4, 0.5) is 11.4 Å². The van der Waals surface area contributed by atoms with Crippen LogP contribution in [0.25, 0.3) is 0 Å². The van der Waals surface area contributed by atoms with E-state index in [9.17, 15) is 10.1 Å². The summed E-state index contributed by atoms with van der Waals surface area (Å²) in [6, 6.07) is 12.7. The first-order valence-corrected chi connectivity index (χ1v) is 7.52. The van der Waals surface area contributed by atoms with Crippen LogP contribution in [-0.4, -0.2) is 4.92 Å². The van der Waals surface area contributed by atoms with E-state index >= 15 is 0 Å². The standard InChI is InChI=1S/C14H12Br2N2O2/c1-9(10-2-4-11(15)5-3-10)17-13-8-12(16)6-7-14(13)18(19)20/h2-9,17H,1H3. The maximum atomic E-state index is 11.0. The van der Waals surface area contributed by atoms with Crippen LogP contribution >= 0.6 is 31.9 Å². The highest BCUT2D eigenvalue weighted by molar-refractivity contribution is 9.10. The molecule has 0 heterocycles. The number of nitrogens with one attached hydrogen (secondary N) is 1. The summed E-state index contributed by atoms with van der Waals surface area (Å²) in [5, 5.41) is 14.2. The normalized spacial score (nSPS) is 11.9. The Hall–Kier alpha value is -1.40. The Morgan fingerprint density at radius 2 is 1.70 bits per heavy atom. The molecule has 0 amide bonds. The van der Waals surface area contributed by atoms with Crippen LogP contribution in [-0.2, 0) is 0 Å². The quantitative estimate of drug-likeness (QED) is 0.561. The van der Waals surface area contributed by atoms with Crippen molar-refractivity contribution in [2.45, 2.75) is 13.0 Å². The average Bonchev–Trinajstić information content (AvgIpc) is 2.39. The number of nitro groups is 1. The summed E-state index contributed by atoms with van der Waals surface area (Å²) in [6.07, 6.45) is 0. The zero-order valence-electron chi connectivity index (χ0n) is 10.6. The van der Waals surface area contributed by atoms with E-state index < -0.39 is 0 Å². The van der Waals surface area contributed by atoms with E-state index in [-0.39, 0.29) is 16.7 Å². The van der Waals surface area contributed by atoms with Crippen LogP contribution in [0.2, 0.25) is 0 Å². The summed E-state index contributed by atoms with van der Waals surface area (Å²) >= 11 is 6.72. The predicted octanol–water partition coefficient (Wildman–Crippen LogP) is 5.29. The summed E-state index contributed by atoms with van der Waals surface area (Å²) in [4.78, 5) is 10.7. The molecule has 0 radical (unpaired) electrons. The smallest absolute Gasteiger partial charge is 0.292 e. The summed E-state index contributed by atoms with van der Waals surface area (Å²) in [5.74, 6) is 0. The third-order valence-corrected chi connectivity index (χ3v) is 3.92. The topological polar surface area (TPSA) is 55.2 Å². The second-order valence-corrected chi connectivity index (χ2v) is 6.17. The number of nitro benzene ring substituents is 1. The van der Waals surface area contributed by atoms with Crippen LogP contribution in [0.1, 0.15) is 18.5 Å². The van der Waals surface area contributed by atoms with E-state index in [1.807, 2.05) is 31.2 Å². The van der Waals surface area contributed by atoms with Gasteiger partial charge in [-0.05, 0) is 36.8 Å². The number of hydrogen-bond donors (Lipinski definition) is 1. The molecule has 0 fully saturated rings. The van der Waals surface area contributed by atoms with Crippen LogP contribution in [0, 0.1) is 10.1 Å². The van der Waals surface area contributed by atoms with E-state index in [1.54, 1.807) is 12.1 Å². The molecule has 2 aromatic carbocycles.